The number of hydrogen-bond donors (Lipinski definition) is 1. The van der Waals surface area contributed by atoms with Gasteiger partial charge in [0, 0.05) is 12.3 Å². The molecule has 2 aromatic rings. The van der Waals surface area contributed by atoms with Crippen LogP contribution in [0, 0.1) is 15.9 Å². The summed E-state index contributed by atoms with van der Waals surface area (Å²) in [5.74, 6) is -1.98. The van der Waals surface area contributed by atoms with Gasteiger partial charge >= 0.3 is 5.97 Å². The van der Waals surface area contributed by atoms with Crippen LogP contribution in [0.4, 0.5) is 10.1 Å². The summed E-state index contributed by atoms with van der Waals surface area (Å²) in [5.41, 5.74) is -0.429. The molecule has 0 radical (unpaired) electrons. The zero-order valence-corrected chi connectivity index (χ0v) is 10.6. The van der Waals surface area contributed by atoms with Crippen LogP contribution < -0.4 is 0 Å². The van der Waals surface area contributed by atoms with Gasteiger partial charge in [0.2, 0.25) is 0 Å². The van der Waals surface area contributed by atoms with Crippen LogP contribution in [-0.2, 0) is 0 Å². The van der Waals surface area contributed by atoms with Gasteiger partial charge in [-0.05, 0) is 18.2 Å². The molecule has 0 saturated carbocycles. The maximum absolute atomic E-state index is 13.7. The molecule has 8 heteroatoms. The summed E-state index contributed by atoms with van der Waals surface area (Å²) in [7, 11) is 0. The van der Waals surface area contributed by atoms with E-state index in [0.29, 0.717) is 0 Å². The predicted octanol–water partition coefficient (Wildman–Crippen LogP) is 2.98. The largest absolute Gasteiger partial charge is 0.478 e. The van der Waals surface area contributed by atoms with E-state index >= 15 is 0 Å². The lowest BCUT2D eigenvalue weighted by atomic mass is 10.3. The summed E-state index contributed by atoms with van der Waals surface area (Å²) in [4.78, 5) is 24.7. The van der Waals surface area contributed by atoms with E-state index in [1.807, 2.05) is 0 Å². The number of nitro groups is 1. The number of carboxylic acid groups (broad SMARTS) is 1. The fraction of sp³-hybridized carbons (Fsp3) is 0. The van der Waals surface area contributed by atoms with Gasteiger partial charge in [-0.1, -0.05) is 11.8 Å². The Morgan fingerprint density at radius 3 is 2.75 bits per heavy atom. The second-order valence-electron chi connectivity index (χ2n) is 3.64. The maximum Gasteiger partial charge on any atom is 0.338 e. The molecule has 0 bridgehead atoms. The Labute approximate surface area is 116 Å². The minimum Gasteiger partial charge on any atom is -0.478 e. The Hall–Kier alpha value is -2.48. The van der Waals surface area contributed by atoms with Crippen LogP contribution in [0.1, 0.15) is 10.4 Å². The number of halogens is 1. The van der Waals surface area contributed by atoms with Crippen molar-refractivity contribution in [2.45, 2.75) is 9.92 Å². The average Bonchev–Trinajstić information content (AvgIpc) is 2.41. The lowest BCUT2D eigenvalue weighted by Gasteiger charge is -2.05. The number of nitrogens with zero attached hydrogens (tertiary/aromatic N) is 2. The lowest BCUT2D eigenvalue weighted by Crippen LogP contribution is -2.00. The molecule has 6 nitrogen and oxygen atoms in total. The highest BCUT2D eigenvalue weighted by molar-refractivity contribution is 7.99. The van der Waals surface area contributed by atoms with Gasteiger partial charge in [-0.3, -0.25) is 10.1 Å². The van der Waals surface area contributed by atoms with Gasteiger partial charge in [-0.2, -0.15) is 0 Å². The highest BCUT2D eigenvalue weighted by atomic mass is 32.2. The van der Waals surface area contributed by atoms with Crippen LogP contribution in [0.3, 0.4) is 0 Å². The maximum atomic E-state index is 13.7. The first-order valence-electron chi connectivity index (χ1n) is 5.29. The zero-order chi connectivity index (χ0) is 14.7. The van der Waals surface area contributed by atoms with Crippen molar-refractivity contribution in [3.05, 3.63) is 58.0 Å². The first-order valence-corrected chi connectivity index (χ1v) is 6.11. The molecule has 0 aliphatic rings. The van der Waals surface area contributed by atoms with E-state index in [-0.39, 0.29) is 21.2 Å². The van der Waals surface area contributed by atoms with Crippen LogP contribution in [0.2, 0.25) is 0 Å². The van der Waals surface area contributed by atoms with Gasteiger partial charge in [0.25, 0.3) is 5.69 Å². The summed E-state index contributed by atoms with van der Waals surface area (Å²) in [6, 6.07) is 5.96. The summed E-state index contributed by atoms with van der Waals surface area (Å²) >= 11 is 0.800. The predicted molar refractivity (Wildman–Crippen MR) is 68.4 cm³/mol. The highest BCUT2D eigenvalue weighted by Gasteiger charge is 2.16. The fourth-order valence-electron chi connectivity index (χ4n) is 1.43. The number of benzene rings is 1. The van der Waals surface area contributed by atoms with Gasteiger partial charge in [-0.25, -0.2) is 14.2 Å². The summed E-state index contributed by atoms with van der Waals surface area (Å²) < 4.78 is 13.7. The number of non-ortho nitro benzene ring substituents is 1. The van der Waals surface area contributed by atoms with Crippen LogP contribution in [0.15, 0.2) is 46.5 Å². The van der Waals surface area contributed by atoms with Crippen molar-refractivity contribution in [3.8, 4) is 0 Å². The van der Waals surface area contributed by atoms with E-state index in [9.17, 15) is 19.3 Å². The van der Waals surface area contributed by atoms with Crippen molar-refractivity contribution in [1.29, 1.82) is 0 Å². The SMILES string of the molecule is O=C(O)c1cccnc1Sc1ccc([N+](=O)[O-])cc1F. The quantitative estimate of drug-likeness (QED) is 0.688. The molecule has 0 atom stereocenters. The molecule has 0 spiro atoms. The minimum absolute atomic E-state index is 0.0600. The van der Waals surface area contributed by atoms with Crippen LogP contribution in [-0.4, -0.2) is 21.0 Å². The third-order valence-corrected chi connectivity index (χ3v) is 3.40. The topological polar surface area (TPSA) is 93.3 Å². The standard InChI is InChI=1S/C12H7FN2O4S/c13-9-6-7(15(18)19)3-4-10(9)20-11-8(12(16)17)2-1-5-14-11/h1-6H,(H,16,17). The molecule has 1 aromatic heterocycles. The Bertz CT molecular complexity index is 693. The third kappa shape index (κ3) is 2.91. The molecule has 1 aromatic carbocycles. The zero-order valence-electron chi connectivity index (χ0n) is 9.82. The fourth-order valence-corrected chi connectivity index (χ4v) is 2.30. The van der Waals surface area contributed by atoms with E-state index in [4.69, 9.17) is 5.11 Å². The average molecular weight is 294 g/mol. The molecule has 2 rings (SSSR count). The first kappa shape index (κ1) is 13.9. The van der Waals surface area contributed by atoms with E-state index in [2.05, 4.69) is 4.98 Å². The Morgan fingerprint density at radius 2 is 2.15 bits per heavy atom. The minimum atomic E-state index is -1.18. The van der Waals surface area contributed by atoms with Crippen molar-refractivity contribution < 1.29 is 19.2 Å². The normalized spacial score (nSPS) is 10.2. The van der Waals surface area contributed by atoms with E-state index in [1.165, 1.54) is 24.4 Å². The van der Waals surface area contributed by atoms with Crippen molar-refractivity contribution in [2.24, 2.45) is 0 Å². The molecule has 0 saturated heterocycles. The van der Waals surface area contributed by atoms with Crippen molar-refractivity contribution >= 4 is 23.4 Å². The molecule has 0 aliphatic heterocycles. The van der Waals surface area contributed by atoms with Crippen molar-refractivity contribution in [2.75, 3.05) is 0 Å². The summed E-state index contributed by atoms with van der Waals surface area (Å²) in [5, 5.41) is 19.6. The summed E-state index contributed by atoms with van der Waals surface area (Å²) in [6.07, 6.45) is 1.39. The molecule has 0 aliphatic carbocycles. The monoisotopic (exact) mass is 294 g/mol. The molecule has 20 heavy (non-hydrogen) atoms. The Balaban J connectivity index is 2.36. The smallest absolute Gasteiger partial charge is 0.338 e. The lowest BCUT2D eigenvalue weighted by molar-refractivity contribution is -0.385. The number of aromatic carboxylic acids is 1. The van der Waals surface area contributed by atoms with Crippen molar-refractivity contribution in [1.82, 2.24) is 4.98 Å². The van der Waals surface area contributed by atoms with E-state index in [0.717, 1.165) is 23.9 Å². The van der Waals surface area contributed by atoms with Gasteiger partial charge in [0.05, 0.1) is 21.4 Å². The number of carboxylic acids is 1. The molecule has 0 unspecified atom stereocenters. The van der Waals surface area contributed by atoms with Gasteiger partial charge in [-0.15, -0.1) is 0 Å². The molecule has 1 N–H and O–H groups in total. The van der Waals surface area contributed by atoms with Gasteiger partial charge in [0.1, 0.15) is 10.8 Å². The molecule has 102 valence electrons. The van der Waals surface area contributed by atoms with Crippen LogP contribution >= 0.6 is 11.8 Å². The molecular weight excluding hydrogens is 287 g/mol. The molecule has 0 amide bonds. The number of hydrogen-bond acceptors (Lipinski definition) is 5. The number of nitro benzene ring substituents is 1. The number of aromatic nitrogens is 1. The van der Waals surface area contributed by atoms with Gasteiger partial charge < -0.3 is 5.11 Å². The van der Waals surface area contributed by atoms with E-state index < -0.39 is 16.7 Å². The Morgan fingerprint density at radius 1 is 1.40 bits per heavy atom. The molecule has 0 fully saturated rings. The highest BCUT2D eigenvalue weighted by Crippen LogP contribution is 2.32. The number of rotatable bonds is 4. The summed E-state index contributed by atoms with van der Waals surface area (Å²) in [6.45, 7) is 0. The van der Waals surface area contributed by atoms with Crippen LogP contribution in [0.5, 0.6) is 0 Å². The third-order valence-electron chi connectivity index (χ3n) is 2.33. The second-order valence-corrected chi connectivity index (χ2v) is 4.67. The second kappa shape index (κ2) is 5.66. The molecule has 1 heterocycles. The molecular formula is C12H7FN2O4S. The van der Waals surface area contributed by atoms with E-state index in [1.54, 1.807) is 0 Å². The number of carbonyl (C=O) groups is 1. The Kier molecular flexibility index (Phi) is 3.94. The van der Waals surface area contributed by atoms with Crippen molar-refractivity contribution in [3.63, 3.8) is 0 Å². The van der Waals surface area contributed by atoms with Gasteiger partial charge in [0.15, 0.2) is 0 Å². The number of pyridine rings is 1. The van der Waals surface area contributed by atoms with Crippen LogP contribution in [0.25, 0.3) is 0 Å². The first-order chi connectivity index (χ1) is 9.49.